The van der Waals surface area contributed by atoms with E-state index in [2.05, 4.69) is 20.5 Å². The average Bonchev–Trinajstić information content (AvgIpc) is 3.00. The Labute approximate surface area is 169 Å². The molecule has 3 fully saturated rings. The number of aliphatic imine (C=N–C) groups is 1. The van der Waals surface area contributed by atoms with Gasteiger partial charge < -0.3 is 15.5 Å². The number of likely N-dealkylation sites (tertiary alicyclic amines) is 1. The molecule has 0 aromatic carbocycles. The molecule has 1 spiro atoms. The van der Waals surface area contributed by atoms with Crippen LogP contribution >= 0.6 is 24.0 Å². The number of carbonyl (C=O) groups is 1. The van der Waals surface area contributed by atoms with Crippen LogP contribution in [0, 0.1) is 5.41 Å². The molecule has 1 heterocycles. The van der Waals surface area contributed by atoms with E-state index in [9.17, 15) is 4.79 Å². The zero-order chi connectivity index (χ0) is 16.8. The molecule has 25 heavy (non-hydrogen) atoms. The zero-order valence-electron chi connectivity index (χ0n) is 15.7. The minimum atomic E-state index is 0. The Morgan fingerprint density at radius 3 is 2.44 bits per heavy atom. The summed E-state index contributed by atoms with van der Waals surface area (Å²) in [5.41, 5.74) is 0.514. The summed E-state index contributed by atoms with van der Waals surface area (Å²) in [7, 11) is 1.83. The molecule has 5 nitrogen and oxygen atoms in total. The molecule has 0 atom stereocenters. The summed E-state index contributed by atoms with van der Waals surface area (Å²) in [6, 6.07) is 0.382. The maximum absolute atomic E-state index is 12.2. The van der Waals surface area contributed by atoms with Gasteiger partial charge in [-0.3, -0.25) is 9.79 Å². The van der Waals surface area contributed by atoms with Gasteiger partial charge in [0, 0.05) is 26.2 Å². The summed E-state index contributed by atoms with van der Waals surface area (Å²) in [4.78, 5) is 19.0. The molecule has 3 rings (SSSR count). The summed E-state index contributed by atoms with van der Waals surface area (Å²) in [5, 5.41) is 6.46. The molecule has 1 amide bonds. The number of guanidine groups is 1. The summed E-state index contributed by atoms with van der Waals surface area (Å²) < 4.78 is 0. The number of nitrogens with zero attached hydrogens (tertiary/aromatic N) is 2. The van der Waals surface area contributed by atoms with Gasteiger partial charge in [0.05, 0.1) is 6.54 Å². The highest BCUT2D eigenvalue weighted by Crippen LogP contribution is 2.43. The second-order valence-electron chi connectivity index (χ2n) is 8.04. The molecule has 1 aliphatic heterocycles. The number of amides is 1. The Morgan fingerprint density at radius 2 is 1.76 bits per heavy atom. The maximum Gasteiger partial charge on any atom is 0.239 e. The predicted octanol–water partition coefficient (Wildman–Crippen LogP) is 3.28. The molecule has 144 valence electrons. The molecule has 2 aliphatic carbocycles. The second kappa shape index (κ2) is 9.97. The Bertz CT molecular complexity index is 456. The largest absolute Gasteiger partial charge is 0.352 e. The fourth-order valence-corrected chi connectivity index (χ4v) is 4.84. The third-order valence-corrected chi connectivity index (χ3v) is 6.24. The number of nitrogens with one attached hydrogen (secondary N) is 2. The van der Waals surface area contributed by atoms with E-state index in [-0.39, 0.29) is 29.9 Å². The van der Waals surface area contributed by atoms with Crippen molar-refractivity contribution in [1.82, 2.24) is 15.5 Å². The van der Waals surface area contributed by atoms with Crippen LogP contribution in [0.3, 0.4) is 0 Å². The van der Waals surface area contributed by atoms with Crippen molar-refractivity contribution >= 4 is 35.8 Å². The summed E-state index contributed by atoms with van der Waals surface area (Å²) in [6.45, 7) is 2.52. The standard InChI is InChI=1S/C19H34N4O.HI/c1-20-18(21-14-17(24)22-16-8-4-2-5-9-16)23-13-12-19(15-23)10-6-3-7-11-19;/h16H,2-15H2,1H3,(H,20,21)(H,22,24);1H. The van der Waals surface area contributed by atoms with Gasteiger partial charge in [0.2, 0.25) is 5.91 Å². The van der Waals surface area contributed by atoms with Crippen LogP contribution in [-0.4, -0.2) is 49.5 Å². The van der Waals surface area contributed by atoms with Crippen molar-refractivity contribution in [2.75, 3.05) is 26.7 Å². The minimum absolute atomic E-state index is 0. The van der Waals surface area contributed by atoms with Crippen molar-refractivity contribution in [3.63, 3.8) is 0 Å². The van der Waals surface area contributed by atoms with Gasteiger partial charge in [-0.1, -0.05) is 38.5 Å². The first kappa shape index (κ1) is 20.8. The first-order chi connectivity index (χ1) is 11.7. The number of rotatable bonds is 3. The monoisotopic (exact) mass is 462 g/mol. The Balaban J connectivity index is 0.00000225. The van der Waals surface area contributed by atoms with Gasteiger partial charge in [-0.2, -0.15) is 0 Å². The van der Waals surface area contributed by atoms with Crippen molar-refractivity contribution in [1.29, 1.82) is 0 Å². The predicted molar refractivity (Wildman–Crippen MR) is 114 cm³/mol. The molecule has 6 heteroatoms. The lowest BCUT2D eigenvalue weighted by Crippen LogP contribution is -2.47. The molecule has 1 saturated heterocycles. The first-order valence-corrected chi connectivity index (χ1v) is 9.96. The van der Waals surface area contributed by atoms with E-state index in [0.29, 0.717) is 18.0 Å². The maximum atomic E-state index is 12.2. The molecular formula is C19H35IN4O. The van der Waals surface area contributed by atoms with Crippen molar-refractivity contribution < 1.29 is 4.79 Å². The summed E-state index contributed by atoms with van der Waals surface area (Å²) in [6.07, 6.45) is 14.2. The molecule has 0 aromatic heterocycles. The second-order valence-corrected chi connectivity index (χ2v) is 8.04. The number of hydrogen-bond acceptors (Lipinski definition) is 2. The average molecular weight is 462 g/mol. The lowest BCUT2D eigenvalue weighted by Gasteiger charge is -2.33. The third-order valence-electron chi connectivity index (χ3n) is 6.24. The SMILES string of the molecule is CN=C(NCC(=O)NC1CCCCC1)N1CCC2(CCCCC2)C1.I. The van der Waals surface area contributed by atoms with E-state index < -0.39 is 0 Å². The van der Waals surface area contributed by atoms with Crippen LogP contribution in [0.15, 0.2) is 4.99 Å². The highest BCUT2D eigenvalue weighted by atomic mass is 127. The zero-order valence-corrected chi connectivity index (χ0v) is 18.0. The van der Waals surface area contributed by atoms with E-state index >= 15 is 0 Å². The lowest BCUT2D eigenvalue weighted by molar-refractivity contribution is -0.120. The van der Waals surface area contributed by atoms with Crippen LogP contribution < -0.4 is 10.6 Å². The van der Waals surface area contributed by atoms with Crippen molar-refractivity contribution in [2.45, 2.75) is 76.7 Å². The lowest BCUT2D eigenvalue weighted by atomic mass is 9.73. The van der Waals surface area contributed by atoms with E-state index in [0.717, 1.165) is 31.9 Å². The molecule has 0 radical (unpaired) electrons. The first-order valence-electron chi connectivity index (χ1n) is 9.96. The minimum Gasteiger partial charge on any atom is -0.352 e. The van der Waals surface area contributed by atoms with Crippen molar-refractivity contribution in [2.24, 2.45) is 10.4 Å². The van der Waals surface area contributed by atoms with E-state index in [1.165, 1.54) is 57.8 Å². The quantitative estimate of drug-likeness (QED) is 0.385. The summed E-state index contributed by atoms with van der Waals surface area (Å²) >= 11 is 0. The van der Waals surface area contributed by atoms with Crippen LogP contribution in [0.5, 0.6) is 0 Å². The fraction of sp³-hybridized carbons (Fsp3) is 0.895. The van der Waals surface area contributed by atoms with Crippen molar-refractivity contribution in [3.8, 4) is 0 Å². The van der Waals surface area contributed by atoms with Crippen LogP contribution in [0.2, 0.25) is 0 Å². The van der Waals surface area contributed by atoms with Gasteiger partial charge in [0.15, 0.2) is 5.96 Å². The Hall–Kier alpha value is -0.530. The van der Waals surface area contributed by atoms with E-state index in [1.807, 2.05) is 7.05 Å². The fourth-order valence-electron chi connectivity index (χ4n) is 4.84. The van der Waals surface area contributed by atoms with E-state index in [1.54, 1.807) is 0 Å². The van der Waals surface area contributed by atoms with Crippen LogP contribution in [0.1, 0.15) is 70.6 Å². The molecular weight excluding hydrogens is 427 g/mol. The van der Waals surface area contributed by atoms with Crippen LogP contribution in [0.25, 0.3) is 0 Å². The van der Waals surface area contributed by atoms with Gasteiger partial charge >= 0.3 is 0 Å². The van der Waals surface area contributed by atoms with Gasteiger partial charge in [-0.15, -0.1) is 24.0 Å². The van der Waals surface area contributed by atoms with Crippen LogP contribution in [-0.2, 0) is 4.79 Å². The number of carbonyl (C=O) groups excluding carboxylic acids is 1. The smallest absolute Gasteiger partial charge is 0.239 e. The highest BCUT2D eigenvalue weighted by Gasteiger charge is 2.39. The van der Waals surface area contributed by atoms with Gasteiger partial charge in [0.1, 0.15) is 0 Å². The van der Waals surface area contributed by atoms with E-state index in [4.69, 9.17) is 0 Å². The van der Waals surface area contributed by atoms with Crippen molar-refractivity contribution in [3.05, 3.63) is 0 Å². The molecule has 0 unspecified atom stereocenters. The number of hydrogen-bond donors (Lipinski definition) is 2. The summed E-state index contributed by atoms with van der Waals surface area (Å²) in [5.74, 6) is 1.01. The number of halogens is 1. The molecule has 0 bridgehead atoms. The van der Waals surface area contributed by atoms with Crippen LogP contribution in [0.4, 0.5) is 0 Å². The molecule has 3 aliphatic rings. The molecule has 2 N–H and O–H groups in total. The topological polar surface area (TPSA) is 56.7 Å². The molecule has 0 aromatic rings. The van der Waals surface area contributed by atoms with Gasteiger partial charge in [0.25, 0.3) is 0 Å². The molecule has 2 saturated carbocycles. The Kier molecular flexibility index (Phi) is 8.29. The van der Waals surface area contributed by atoms with Gasteiger partial charge in [-0.25, -0.2) is 0 Å². The Morgan fingerprint density at radius 1 is 1.08 bits per heavy atom. The normalized spacial score (nSPS) is 24.0. The third kappa shape index (κ3) is 5.73. The highest BCUT2D eigenvalue weighted by molar-refractivity contribution is 14.0. The van der Waals surface area contributed by atoms with Gasteiger partial charge in [-0.05, 0) is 37.5 Å².